The summed E-state index contributed by atoms with van der Waals surface area (Å²) in [5.41, 5.74) is 1.08. The monoisotopic (exact) mass is 197 g/mol. The van der Waals surface area contributed by atoms with Gasteiger partial charge < -0.3 is 10.4 Å². The lowest BCUT2D eigenvalue weighted by molar-refractivity contribution is -0.119. The zero-order valence-electron chi connectivity index (χ0n) is 7.28. The van der Waals surface area contributed by atoms with Gasteiger partial charge in [-0.15, -0.1) is 11.3 Å². The Bertz CT molecular complexity index is 334. The molecule has 70 valence electrons. The van der Waals surface area contributed by atoms with Crippen molar-refractivity contribution in [1.29, 1.82) is 0 Å². The Morgan fingerprint density at radius 1 is 1.77 bits per heavy atom. The molecule has 3 nitrogen and oxygen atoms in total. The molecule has 1 heterocycles. The van der Waals surface area contributed by atoms with Crippen molar-refractivity contribution in [2.75, 3.05) is 0 Å². The molecule has 0 bridgehead atoms. The number of hydrogen-bond donors (Lipinski definition) is 2. The maximum Gasteiger partial charge on any atom is 0.217 e. The second-order valence-corrected chi connectivity index (χ2v) is 4.19. The van der Waals surface area contributed by atoms with E-state index in [2.05, 4.69) is 5.32 Å². The van der Waals surface area contributed by atoms with E-state index in [1.54, 1.807) is 11.3 Å². The second kappa shape index (κ2) is 3.12. The van der Waals surface area contributed by atoms with Crippen molar-refractivity contribution in [2.45, 2.75) is 25.5 Å². The zero-order chi connectivity index (χ0) is 9.42. The van der Waals surface area contributed by atoms with Crippen molar-refractivity contribution in [2.24, 2.45) is 0 Å². The summed E-state index contributed by atoms with van der Waals surface area (Å²) in [6, 6.07) is 1.98. The van der Waals surface area contributed by atoms with Gasteiger partial charge in [0.15, 0.2) is 0 Å². The average molecular weight is 197 g/mol. The van der Waals surface area contributed by atoms with E-state index in [1.165, 1.54) is 6.92 Å². The topological polar surface area (TPSA) is 49.3 Å². The van der Waals surface area contributed by atoms with E-state index >= 15 is 0 Å². The molecule has 0 radical (unpaired) electrons. The van der Waals surface area contributed by atoms with Crippen LogP contribution in [-0.4, -0.2) is 11.0 Å². The van der Waals surface area contributed by atoms with Crippen LogP contribution < -0.4 is 5.32 Å². The highest BCUT2D eigenvalue weighted by Crippen LogP contribution is 2.41. The molecule has 0 aromatic carbocycles. The summed E-state index contributed by atoms with van der Waals surface area (Å²) in [6.45, 7) is 1.50. The molecule has 0 spiro atoms. The Balaban J connectivity index is 2.23. The minimum absolute atomic E-state index is 0.00810. The summed E-state index contributed by atoms with van der Waals surface area (Å²) in [5.74, 6) is -0.0451. The van der Waals surface area contributed by atoms with Gasteiger partial charge in [-0.3, -0.25) is 4.79 Å². The second-order valence-electron chi connectivity index (χ2n) is 3.24. The Labute approximate surface area is 80.4 Å². The van der Waals surface area contributed by atoms with Gasteiger partial charge >= 0.3 is 0 Å². The van der Waals surface area contributed by atoms with Gasteiger partial charge in [-0.2, -0.15) is 0 Å². The maximum atomic E-state index is 10.8. The Morgan fingerprint density at radius 3 is 3.23 bits per heavy atom. The minimum atomic E-state index is -0.396. The van der Waals surface area contributed by atoms with E-state index < -0.39 is 6.10 Å². The molecule has 1 aromatic rings. The summed E-state index contributed by atoms with van der Waals surface area (Å²) >= 11 is 1.55. The molecule has 2 N–H and O–H groups in total. The van der Waals surface area contributed by atoms with Gasteiger partial charge in [-0.05, 0) is 17.0 Å². The molecule has 2 rings (SSSR count). The summed E-state index contributed by atoms with van der Waals surface area (Å²) in [7, 11) is 0. The third-order valence-corrected chi connectivity index (χ3v) is 3.28. The van der Waals surface area contributed by atoms with Crippen LogP contribution in [0.2, 0.25) is 0 Å². The molecule has 0 saturated heterocycles. The van der Waals surface area contributed by atoms with E-state index in [0.717, 1.165) is 10.4 Å². The standard InChI is InChI=1S/C9H11NO2S/c1-5(11)10-7-4-8(12)9-6(7)2-3-13-9/h2-3,7-8,12H,4H2,1H3,(H,10,11). The van der Waals surface area contributed by atoms with Gasteiger partial charge in [0.2, 0.25) is 5.91 Å². The minimum Gasteiger partial charge on any atom is -0.387 e. The number of carbonyl (C=O) groups is 1. The predicted molar refractivity (Wildman–Crippen MR) is 50.5 cm³/mol. The number of carbonyl (C=O) groups excluding carboxylic acids is 1. The molecule has 0 aliphatic heterocycles. The number of fused-ring (bicyclic) bond motifs is 1. The summed E-state index contributed by atoms with van der Waals surface area (Å²) in [5, 5.41) is 14.4. The Hall–Kier alpha value is -0.870. The van der Waals surface area contributed by atoms with Crippen LogP contribution in [0, 0.1) is 0 Å². The first-order valence-electron chi connectivity index (χ1n) is 4.21. The number of hydrogen-bond acceptors (Lipinski definition) is 3. The van der Waals surface area contributed by atoms with Crippen LogP contribution in [0.4, 0.5) is 0 Å². The van der Waals surface area contributed by atoms with Gasteiger partial charge in [0.05, 0.1) is 12.1 Å². The molecular formula is C9H11NO2S. The normalized spacial score (nSPS) is 25.7. The molecule has 2 atom stereocenters. The van der Waals surface area contributed by atoms with E-state index in [-0.39, 0.29) is 11.9 Å². The largest absolute Gasteiger partial charge is 0.387 e. The predicted octanol–water partition coefficient (Wildman–Crippen LogP) is 1.36. The number of aliphatic hydroxyl groups excluding tert-OH is 1. The molecule has 1 amide bonds. The third kappa shape index (κ3) is 1.47. The SMILES string of the molecule is CC(=O)NC1CC(O)c2sccc21. The Kier molecular flexibility index (Phi) is 2.09. The lowest BCUT2D eigenvalue weighted by Gasteiger charge is -2.10. The average Bonchev–Trinajstić information content (AvgIpc) is 2.56. The summed E-state index contributed by atoms with van der Waals surface area (Å²) < 4.78 is 0. The highest BCUT2D eigenvalue weighted by atomic mass is 32.1. The highest BCUT2D eigenvalue weighted by molar-refractivity contribution is 7.10. The van der Waals surface area contributed by atoms with Gasteiger partial charge in [0, 0.05) is 18.2 Å². The van der Waals surface area contributed by atoms with Crippen molar-refractivity contribution in [3.8, 4) is 0 Å². The molecule has 1 aliphatic carbocycles. The van der Waals surface area contributed by atoms with Crippen LogP contribution in [0.3, 0.4) is 0 Å². The van der Waals surface area contributed by atoms with Crippen LogP contribution >= 0.6 is 11.3 Å². The maximum absolute atomic E-state index is 10.8. The fraction of sp³-hybridized carbons (Fsp3) is 0.444. The van der Waals surface area contributed by atoms with Crippen LogP contribution in [-0.2, 0) is 4.79 Å². The van der Waals surface area contributed by atoms with Gasteiger partial charge in [0.1, 0.15) is 0 Å². The van der Waals surface area contributed by atoms with Gasteiger partial charge in [-0.25, -0.2) is 0 Å². The molecule has 1 aliphatic rings. The van der Waals surface area contributed by atoms with E-state index in [0.29, 0.717) is 6.42 Å². The smallest absolute Gasteiger partial charge is 0.217 e. The number of rotatable bonds is 1. The van der Waals surface area contributed by atoms with Gasteiger partial charge in [0.25, 0.3) is 0 Å². The molecular weight excluding hydrogens is 186 g/mol. The first kappa shape index (κ1) is 8.72. The number of amides is 1. The Morgan fingerprint density at radius 2 is 2.54 bits per heavy atom. The van der Waals surface area contributed by atoms with Crippen molar-refractivity contribution < 1.29 is 9.90 Å². The van der Waals surface area contributed by atoms with Crippen molar-refractivity contribution in [1.82, 2.24) is 5.32 Å². The highest BCUT2D eigenvalue weighted by Gasteiger charge is 2.30. The lowest BCUT2D eigenvalue weighted by atomic mass is 10.2. The van der Waals surface area contributed by atoms with E-state index in [9.17, 15) is 9.90 Å². The molecule has 0 fully saturated rings. The fourth-order valence-corrected chi connectivity index (χ4v) is 2.69. The van der Waals surface area contributed by atoms with Crippen molar-refractivity contribution in [3.63, 3.8) is 0 Å². The first-order chi connectivity index (χ1) is 6.18. The molecule has 2 unspecified atom stereocenters. The molecule has 13 heavy (non-hydrogen) atoms. The van der Waals surface area contributed by atoms with Crippen LogP contribution in [0.1, 0.15) is 35.9 Å². The molecule has 0 saturated carbocycles. The summed E-state index contributed by atoms with van der Waals surface area (Å²) in [4.78, 5) is 11.8. The number of thiophene rings is 1. The molecule has 1 aromatic heterocycles. The first-order valence-corrected chi connectivity index (χ1v) is 5.09. The van der Waals surface area contributed by atoms with Crippen molar-refractivity contribution >= 4 is 17.2 Å². The lowest BCUT2D eigenvalue weighted by Crippen LogP contribution is -2.24. The summed E-state index contributed by atoms with van der Waals surface area (Å²) in [6.07, 6.45) is 0.216. The third-order valence-electron chi connectivity index (χ3n) is 2.24. The number of nitrogens with one attached hydrogen (secondary N) is 1. The zero-order valence-corrected chi connectivity index (χ0v) is 8.10. The van der Waals surface area contributed by atoms with Crippen LogP contribution in [0.15, 0.2) is 11.4 Å². The van der Waals surface area contributed by atoms with Crippen LogP contribution in [0.5, 0.6) is 0 Å². The number of aliphatic hydroxyl groups is 1. The van der Waals surface area contributed by atoms with Gasteiger partial charge in [-0.1, -0.05) is 0 Å². The molecule has 4 heteroatoms. The van der Waals surface area contributed by atoms with Crippen molar-refractivity contribution in [3.05, 3.63) is 21.9 Å². The quantitative estimate of drug-likeness (QED) is 0.714. The van der Waals surface area contributed by atoms with E-state index in [4.69, 9.17) is 0 Å². The van der Waals surface area contributed by atoms with Crippen LogP contribution in [0.25, 0.3) is 0 Å². The fourth-order valence-electron chi connectivity index (χ4n) is 1.73. The van der Waals surface area contributed by atoms with E-state index in [1.807, 2.05) is 11.4 Å².